The van der Waals surface area contributed by atoms with Crippen LogP contribution in [0.4, 0.5) is 0 Å². The zero-order valence-electron chi connectivity index (χ0n) is 11.5. The van der Waals surface area contributed by atoms with Crippen LogP contribution in [-0.2, 0) is 19.0 Å². The summed E-state index contributed by atoms with van der Waals surface area (Å²) in [6.07, 6.45) is 2.30. The molecule has 0 bridgehead atoms. The molecule has 1 saturated carbocycles. The van der Waals surface area contributed by atoms with Crippen LogP contribution in [0.3, 0.4) is 0 Å². The number of rotatable bonds is 1. The molecule has 106 valence electrons. The minimum atomic E-state index is -0.605. The van der Waals surface area contributed by atoms with Crippen molar-refractivity contribution in [2.75, 3.05) is 7.11 Å². The Morgan fingerprint density at radius 3 is 2.89 bits per heavy atom. The van der Waals surface area contributed by atoms with E-state index in [1.54, 1.807) is 6.08 Å². The van der Waals surface area contributed by atoms with Gasteiger partial charge in [0.2, 0.25) is 0 Å². The van der Waals surface area contributed by atoms with Crippen LogP contribution in [0, 0.1) is 11.8 Å². The Morgan fingerprint density at radius 2 is 2.21 bits per heavy atom. The second-order valence-corrected chi connectivity index (χ2v) is 6.01. The number of hydrogen-bond acceptors (Lipinski definition) is 5. The molecular formula is C14H20O5. The quantitative estimate of drug-likeness (QED) is 0.719. The number of carbonyl (C=O) groups excluding carboxylic acids is 1. The summed E-state index contributed by atoms with van der Waals surface area (Å²) in [7, 11) is 1.38. The number of carbonyl (C=O) groups is 1. The Bertz CT molecular complexity index is 428. The summed E-state index contributed by atoms with van der Waals surface area (Å²) in [5.74, 6) is -1.01. The maximum atomic E-state index is 11.8. The van der Waals surface area contributed by atoms with E-state index in [1.807, 2.05) is 13.8 Å². The smallest absolute Gasteiger partial charge is 0.333 e. The molecule has 0 aromatic rings. The van der Waals surface area contributed by atoms with Gasteiger partial charge in [0.1, 0.15) is 0 Å². The van der Waals surface area contributed by atoms with E-state index < -0.39 is 11.9 Å². The van der Waals surface area contributed by atoms with Gasteiger partial charge in [-0.25, -0.2) is 4.79 Å². The van der Waals surface area contributed by atoms with Crippen LogP contribution < -0.4 is 0 Å². The molecule has 2 aliphatic carbocycles. The molecule has 0 spiro atoms. The monoisotopic (exact) mass is 268 g/mol. The first-order valence-electron chi connectivity index (χ1n) is 6.75. The van der Waals surface area contributed by atoms with Crippen LogP contribution >= 0.6 is 0 Å². The third-order valence-corrected chi connectivity index (χ3v) is 4.40. The van der Waals surface area contributed by atoms with Gasteiger partial charge in [-0.1, -0.05) is 6.08 Å². The molecule has 1 heterocycles. The highest BCUT2D eigenvalue weighted by Gasteiger charge is 2.57. The van der Waals surface area contributed by atoms with Crippen molar-refractivity contribution in [2.45, 2.75) is 50.8 Å². The molecule has 1 saturated heterocycles. The van der Waals surface area contributed by atoms with Crippen molar-refractivity contribution < 1.29 is 24.1 Å². The van der Waals surface area contributed by atoms with Gasteiger partial charge in [-0.3, -0.25) is 0 Å². The maximum absolute atomic E-state index is 11.8. The minimum absolute atomic E-state index is 0.0256. The van der Waals surface area contributed by atoms with Crippen LogP contribution in [0.2, 0.25) is 0 Å². The fourth-order valence-electron chi connectivity index (χ4n) is 3.74. The Hall–Kier alpha value is -0.910. The van der Waals surface area contributed by atoms with Crippen molar-refractivity contribution in [2.24, 2.45) is 11.8 Å². The number of fused-ring (bicyclic) bond motifs is 3. The Kier molecular flexibility index (Phi) is 2.96. The van der Waals surface area contributed by atoms with E-state index in [0.29, 0.717) is 18.4 Å². The fraction of sp³-hybridized carbons (Fsp3) is 0.786. The van der Waals surface area contributed by atoms with E-state index in [9.17, 15) is 9.90 Å². The molecule has 3 rings (SSSR count). The number of hydrogen-bond donors (Lipinski definition) is 1. The predicted molar refractivity (Wildman–Crippen MR) is 66.1 cm³/mol. The third kappa shape index (κ3) is 2.00. The van der Waals surface area contributed by atoms with E-state index in [4.69, 9.17) is 14.2 Å². The minimum Gasteiger partial charge on any atom is -0.466 e. The van der Waals surface area contributed by atoms with Crippen molar-refractivity contribution in [3.8, 4) is 0 Å². The Morgan fingerprint density at radius 1 is 1.47 bits per heavy atom. The van der Waals surface area contributed by atoms with E-state index in [0.717, 1.165) is 0 Å². The lowest BCUT2D eigenvalue weighted by Gasteiger charge is -2.33. The van der Waals surface area contributed by atoms with E-state index in [1.165, 1.54) is 7.11 Å². The molecule has 1 N–H and O–H groups in total. The molecule has 3 unspecified atom stereocenters. The number of aliphatic hydroxyl groups is 1. The second kappa shape index (κ2) is 4.30. The first-order chi connectivity index (χ1) is 8.93. The number of aliphatic hydroxyl groups excluding tert-OH is 1. The van der Waals surface area contributed by atoms with E-state index >= 15 is 0 Å². The number of methoxy groups -OCH3 is 1. The van der Waals surface area contributed by atoms with Gasteiger partial charge in [0.15, 0.2) is 5.79 Å². The molecule has 0 amide bonds. The lowest BCUT2D eigenvalue weighted by atomic mass is 9.78. The van der Waals surface area contributed by atoms with Gasteiger partial charge in [-0.2, -0.15) is 0 Å². The topological polar surface area (TPSA) is 65.0 Å². The van der Waals surface area contributed by atoms with Crippen LogP contribution in [-0.4, -0.2) is 42.3 Å². The zero-order valence-corrected chi connectivity index (χ0v) is 11.5. The van der Waals surface area contributed by atoms with Crippen LogP contribution in [0.25, 0.3) is 0 Å². The molecule has 5 heteroatoms. The molecule has 5 nitrogen and oxygen atoms in total. The highest BCUT2D eigenvalue weighted by atomic mass is 16.8. The van der Waals surface area contributed by atoms with Gasteiger partial charge in [0.05, 0.1) is 25.4 Å². The number of ether oxygens (including phenoxy) is 3. The van der Waals surface area contributed by atoms with Crippen LogP contribution in [0.1, 0.15) is 26.7 Å². The lowest BCUT2D eigenvalue weighted by Crippen LogP contribution is -2.39. The molecule has 1 aliphatic heterocycles. The molecule has 5 atom stereocenters. The summed E-state index contributed by atoms with van der Waals surface area (Å²) in [6, 6.07) is 0. The summed E-state index contributed by atoms with van der Waals surface area (Å²) >= 11 is 0. The first kappa shape index (κ1) is 13.1. The zero-order chi connectivity index (χ0) is 13.8. The maximum Gasteiger partial charge on any atom is 0.333 e. The van der Waals surface area contributed by atoms with Crippen molar-refractivity contribution >= 4 is 5.97 Å². The second-order valence-electron chi connectivity index (χ2n) is 6.01. The standard InChI is InChI=1S/C14H20O5/c1-14(2)18-10-6-8-7(13(16)17-3)4-5-9(15)11(8)12(10)19-14/h4,8-12,15H,5-6H2,1-3H3/t8?,9?,10-,11?,12-/m0/s1. The molecule has 0 aromatic carbocycles. The Labute approximate surface area is 112 Å². The highest BCUT2D eigenvalue weighted by Crippen LogP contribution is 2.50. The third-order valence-electron chi connectivity index (χ3n) is 4.40. The van der Waals surface area contributed by atoms with E-state index in [2.05, 4.69) is 0 Å². The molecule has 3 aliphatic rings. The van der Waals surface area contributed by atoms with Gasteiger partial charge < -0.3 is 19.3 Å². The largest absolute Gasteiger partial charge is 0.466 e. The van der Waals surface area contributed by atoms with Gasteiger partial charge in [0, 0.05) is 17.4 Å². The average molecular weight is 268 g/mol. The van der Waals surface area contributed by atoms with Crippen molar-refractivity contribution in [3.05, 3.63) is 11.6 Å². The van der Waals surface area contributed by atoms with Gasteiger partial charge in [0.25, 0.3) is 0 Å². The predicted octanol–water partition coefficient (Wildman–Crippen LogP) is 1.01. The molecule has 0 aromatic heterocycles. The summed E-state index contributed by atoms with van der Waals surface area (Å²) in [5.41, 5.74) is 0.664. The normalized spacial score (nSPS) is 43.4. The summed E-state index contributed by atoms with van der Waals surface area (Å²) in [5, 5.41) is 10.2. The van der Waals surface area contributed by atoms with Crippen LogP contribution in [0.15, 0.2) is 11.6 Å². The van der Waals surface area contributed by atoms with Crippen molar-refractivity contribution in [3.63, 3.8) is 0 Å². The van der Waals surface area contributed by atoms with Crippen molar-refractivity contribution in [1.82, 2.24) is 0 Å². The van der Waals surface area contributed by atoms with Crippen molar-refractivity contribution in [1.29, 1.82) is 0 Å². The van der Waals surface area contributed by atoms with Gasteiger partial charge in [-0.15, -0.1) is 0 Å². The summed E-state index contributed by atoms with van der Waals surface area (Å²) in [4.78, 5) is 11.8. The summed E-state index contributed by atoms with van der Waals surface area (Å²) in [6.45, 7) is 3.76. The molecular weight excluding hydrogens is 248 g/mol. The Balaban J connectivity index is 1.87. The molecule has 2 fully saturated rings. The van der Waals surface area contributed by atoms with E-state index in [-0.39, 0.29) is 30.0 Å². The molecule has 0 radical (unpaired) electrons. The summed E-state index contributed by atoms with van der Waals surface area (Å²) < 4.78 is 16.6. The fourth-order valence-corrected chi connectivity index (χ4v) is 3.74. The molecule has 19 heavy (non-hydrogen) atoms. The average Bonchev–Trinajstić information content (AvgIpc) is 2.80. The van der Waals surface area contributed by atoms with Gasteiger partial charge in [-0.05, 0) is 26.7 Å². The first-order valence-corrected chi connectivity index (χ1v) is 6.75. The van der Waals surface area contributed by atoms with Crippen LogP contribution in [0.5, 0.6) is 0 Å². The lowest BCUT2D eigenvalue weighted by molar-refractivity contribution is -0.165. The number of esters is 1. The van der Waals surface area contributed by atoms with Gasteiger partial charge >= 0.3 is 5.97 Å². The SMILES string of the molecule is COC(=O)C1=CCC(O)C2C1C[C@@H]1OC(C)(C)O[C@H]21. The highest BCUT2D eigenvalue weighted by molar-refractivity contribution is 5.89.